The van der Waals surface area contributed by atoms with Gasteiger partial charge in [0.1, 0.15) is 23.7 Å². The van der Waals surface area contributed by atoms with Crippen LogP contribution in [-0.2, 0) is 24.4 Å². The Morgan fingerprint density at radius 2 is 1.69 bits per heavy atom. The third kappa shape index (κ3) is 4.72. The molecule has 8 heteroatoms. The lowest BCUT2D eigenvalue weighted by molar-refractivity contribution is -0.944. The molecule has 3 atom stereocenters. The summed E-state index contributed by atoms with van der Waals surface area (Å²) in [6.07, 6.45) is -1.92. The zero-order valence-electron chi connectivity index (χ0n) is 22.2. The predicted molar refractivity (Wildman–Crippen MR) is 135 cm³/mol. The van der Waals surface area contributed by atoms with Crippen molar-refractivity contribution in [3.63, 3.8) is 0 Å². The quantitative estimate of drug-likeness (QED) is 0.547. The fourth-order valence-electron chi connectivity index (χ4n) is 5.76. The average Bonchev–Trinajstić information content (AvgIpc) is 3.02. The van der Waals surface area contributed by atoms with Crippen LogP contribution in [0.2, 0.25) is 0 Å². The molecule has 2 aromatic rings. The van der Waals surface area contributed by atoms with E-state index in [9.17, 15) is 19.8 Å². The minimum atomic E-state index is -1.13. The second-order valence-corrected chi connectivity index (χ2v) is 11.6. The number of hydrogen-bond donors (Lipinski definition) is 2. The summed E-state index contributed by atoms with van der Waals surface area (Å²) in [5, 5.41) is 20.6. The van der Waals surface area contributed by atoms with Gasteiger partial charge in [-0.3, -0.25) is 9.69 Å². The van der Waals surface area contributed by atoms with Crippen molar-refractivity contribution >= 4 is 12.0 Å². The summed E-state index contributed by atoms with van der Waals surface area (Å²) in [6.45, 7) is 11.0. The molecule has 1 aliphatic heterocycles. The highest BCUT2D eigenvalue weighted by molar-refractivity contribution is 5.85. The first-order valence-electron chi connectivity index (χ1n) is 12.1. The highest BCUT2D eigenvalue weighted by Crippen LogP contribution is 2.47. The number of halogens is 1. The van der Waals surface area contributed by atoms with E-state index in [-0.39, 0.29) is 30.2 Å². The predicted octanol–water partition coefficient (Wildman–Crippen LogP) is 4.95. The standard InChI is InChI=1S/C28H37FN2O5/c1-27(2,3)25-30(7)24(33)22(31(25,26(34)35)28(4,5)6)14-19-13-20(16-32)23(15-21(19)29)36-17-18-11-9-8-10-12-18/h8-13,15,22,25,32H,14,16-17H2,1-7H3/p+1. The molecule has 7 nitrogen and oxygen atoms in total. The van der Waals surface area contributed by atoms with Crippen LogP contribution in [0.5, 0.6) is 5.75 Å². The summed E-state index contributed by atoms with van der Waals surface area (Å²) in [5.74, 6) is -0.747. The molecule has 0 saturated carbocycles. The van der Waals surface area contributed by atoms with Gasteiger partial charge < -0.3 is 14.9 Å². The Balaban J connectivity index is 2.05. The molecule has 196 valence electrons. The van der Waals surface area contributed by atoms with Gasteiger partial charge in [-0.1, -0.05) is 51.1 Å². The van der Waals surface area contributed by atoms with Gasteiger partial charge in [-0.15, -0.1) is 0 Å². The summed E-state index contributed by atoms with van der Waals surface area (Å²) >= 11 is 0. The number of likely N-dealkylation sites (N-methyl/N-ethyl adjacent to an activating group) is 1. The number of carbonyl (C=O) groups is 2. The second-order valence-electron chi connectivity index (χ2n) is 11.6. The number of aliphatic hydroxyl groups is 1. The van der Waals surface area contributed by atoms with Gasteiger partial charge >= 0.3 is 6.09 Å². The Labute approximate surface area is 212 Å². The smallest absolute Gasteiger partial charge is 0.488 e. The molecule has 0 aliphatic carbocycles. The van der Waals surface area contributed by atoms with E-state index in [1.54, 1.807) is 27.8 Å². The Morgan fingerprint density at radius 1 is 1.08 bits per heavy atom. The summed E-state index contributed by atoms with van der Waals surface area (Å²) in [7, 11) is 1.62. The number of amides is 2. The molecule has 0 bridgehead atoms. The zero-order chi connectivity index (χ0) is 27.1. The van der Waals surface area contributed by atoms with E-state index in [1.165, 1.54) is 17.0 Å². The van der Waals surface area contributed by atoms with Crippen LogP contribution in [0.25, 0.3) is 0 Å². The number of quaternary nitrogens is 1. The van der Waals surface area contributed by atoms with Crippen molar-refractivity contribution in [2.75, 3.05) is 7.05 Å². The third-order valence-electron chi connectivity index (χ3n) is 7.13. The number of benzene rings is 2. The van der Waals surface area contributed by atoms with Crippen molar-refractivity contribution < 1.29 is 33.4 Å². The van der Waals surface area contributed by atoms with Crippen LogP contribution >= 0.6 is 0 Å². The van der Waals surface area contributed by atoms with Gasteiger partial charge in [-0.25, -0.2) is 4.39 Å². The maximum absolute atomic E-state index is 15.4. The molecule has 2 amide bonds. The zero-order valence-corrected chi connectivity index (χ0v) is 22.2. The van der Waals surface area contributed by atoms with Crippen LogP contribution in [0.4, 0.5) is 9.18 Å². The maximum atomic E-state index is 15.4. The minimum Gasteiger partial charge on any atom is -0.488 e. The second kappa shape index (κ2) is 9.82. The van der Waals surface area contributed by atoms with E-state index in [2.05, 4.69) is 0 Å². The van der Waals surface area contributed by atoms with Gasteiger partial charge in [0.05, 0.1) is 6.61 Å². The van der Waals surface area contributed by atoms with Crippen LogP contribution in [0.15, 0.2) is 42.5 Å². The fraction of sp³-hybridized carbons (Fsp3) is 0.500. The van der Waals surface area contributed by atoms with Crippen molar-refractivity contribution in [3.8, 4) is 5.75 Å². The number of carbonyl (C=O) groups excluding carboxylic acids is 1. The molecular weight excluding hydrogens is 463 g/mol. The number of carboxylic acid groups (broad SMARTS) is 1. The van der Waals surface area contributed by atoms with Crippen molar-refractivity contribution in [1.29, 1.82) is 0 Å². The lowest BCUT2D eigenvalue weighted by Crippen LogP contribution is -2.73. The third-order valence-corrected chi connectivity index (χ3v) is 7.13. The summed E-state index contributed by atoms with van der Waals surface area (Å²) in [6, 6.07) is 11.0. The lowest BCUT2D eigenvalue weighted by atomic mass is 9.85. The molecular formula is C28H38FN2O5+. The molecule has 3 unspecified atom stereocenters. The van der Waals surface area contributed by atoms with Gasteiger partial charge in [-0.05, 0) is 38.0 Å². The van der Waals surface area contributed by atoms with Crippen LogP contribution in [0.3, 0.4) is 0 Å². The van der Waals surface area contributed by atoms with Gasteiger partial charge in [0, 0.05) is 30.5 Å². The Morgan fingerprint density at radius 3 is 2.19 bits per heavy atom. The summed E-state index contributed by atoms with van der Waals surface area (Å²) < 4.78 is 20.6. The molecule has 1 aliphatic rings. The van der Waals surface area contributed by atoms with E-state index in [0.29, 0.717) is 5.56 Å². The number of hydrogen-bond acceptors (Lipinski definition) is 4. The molecule has 2 aromatic carbocycles. The molecule has 36 heavy (non-hydrogen) atoms. The van der Waals surface area contributed by atoms with E-state index in [1.807, 2.05) is 51.1 Å². The van der Waals surface area contributed by atoms with Gasteiger partial charge in [0.25, 0.3) is 5.91 Å². The Bertz CT molecular complexity index is 1120. The number of aliphatic hydroxyl groups excluding tert-OH is 1. The van der Waals surface area contributed by atoms with Crippen LogP contribution < -0.4 is 4.74 Å². The molecule has 0 aromatic heterocycles. The van der Waals surface area contributed by atoms with E-state index in [0.717, 1.165) is 5.56 Å². The summed E-state index contributed by atoms with van der Waals surface area (Å²) in [5.41, 5.74) is 0.00377. The number of nitrogens with zero attached hydrogens (tertiary/aromatic N) is 2. The topological polar surface area (TPSA) is 87.1 Å². The van der Waals surface area contributed by atoms with Crippen molar-refractivity contribution in [2.45, 2.75) is 78.9 Å². The van der Waals surface area contributed by atoms with Gasteiger partial charge in [-0.2, -0.15) is 9.28 Å². The largest absolute Gasteiger partial charge is 0.516 e. The maximum Gasteiger partial charge on any atom is 0.516 e. The average molecular weight is 502 g/mol. The SMILES string of the molecule is CN1C(=O)C(Cc2cc(CO)c(OCc3ccccc3)cc2F)[N+](C(=O)O)(C(C)(C)C)C1C(C)(C)C. The molecule has 1 fully saturated rings. The first-order chi connectivity index (χ1) is 16.7. The molecule has 0 spiro atoms. The molecule has 1 saturated heterocycles. The first kappa shape index (κ1) is 27.6. The first-order valence-corrected chi connectivity index (χ1v) is 12.1. The highest BCUT2D eigenvalue weighted by Gasteiger charge is 2.70. The molecule has 1 heterocycles. The van der Waals surface area contributed by atoms with Crippen LogP contribution in [0, 0.1) is 11.2 Å². The normalized spacial score (nSPS) is 22.7. The monoisotopic (exact) mass is 501 g/mol. The van der Waals surface area contributed by atoms with Crippen molar-refractivity contribution in [1.82, 2.24) is 4.90 Å². The van der Waals surface area contributed by atoms with Crippen molar-refractivity contribution in [2.24, 2.45) is 5.41 Å². The number of ether oxygens (including phenoxy) is 1. The molecule has 2 N–H and O–H groups in total. The number of rotatable bonds is 6. The van der Waals surface area contributed by atoms with Crippen molar-refractivity contribution in [3.05, 3.63) is 65.0 Å². The van der Waals surface area contributed by atoms with Crippen LogP contribution in [0.1, 0.15) is 58.2 Å². The molecule has 3 rings (SSSR count). The highest BCUT2D eigenvalue weighted by atomic mass is 19.1. The lowest BCUT2D eigenvalue weighted by Gasteiger charge is -2.51. The fourth-order valence-corrected chi connectivity index (χ4v) is 5.76. The molecule has 0 radical (unpaired) electrons. The Hall–Kier alpha value is -2.97. The van der Waals surface area contributed by atoms with E-state index in [4.69, 9.17) is 4.74 Å². The van der Waals surface area contributed by atoms with Gasteiger partial charge in [0.15, 0.2) is 12.2 Å². The van der Waals surface area contributed by atoms with Gasteiger partial charge in [0.2, 0.25) is 0 Å². The minimum absolute atomic E-state index is 0.128. The summed E-state index contributed by atoms with van der Waals surface area (Å²) in [4.78, 5) is 28.1. The van der Waals surface area contributed by atoms with Crippen LogP contribution in [-0.4, -0.2) is 56.4 Å². The van der Waals surface area contributed by atoms with E-state index >= 15 is 4.39 Å². The van der Waals surface area contributed by atoms with E-state index < -0.39 is 46.2 Å². The Kier molecular flexibility index (Phi) is 7.54.